The van der Waals surface area contributed by atoms with Crippen LogP contribution < -0.4 is 0 Å². The van der Waals surface area contributed by atoms with E-state index in [0.717, 1.165) is 44.2 Å². The van der Waals surface area contributed by atoms with Crippen LogP contribution in [0.25, 0.3) is 0 Å². The van der Waals surface area contributed by atoms with E-state index in [1.165, 1.54) is 0 Å². The number of carbonyl (C=O) groups excluding carboxylic acids is 2. The third-order valence-corrected chi connectivity index (χ3v) is 5.78. The predicted octanol–water partition coefficient (Wildman–Crippen LogP) is 2.12. The van der Waals surface area contributed by atoms with E-state index in [1.54, 1.807) is 0 Å². The summed E-state index contributed by atoms with van der Waals surface area (Å²) in [7, 11) is 0. The number of hydrogen-bond donors (Lipinski definition) is 0. The first-order chi connectivity index (χ1) is 11.0. The topological polar surface area (TPSA) is 55.8 Å². The molecule has 124 valence electrons. The Bertz CT molecular complexity index is 623. The smallest absolute Gasteiger partial charge is 0.334 e. The van der Waals surface area contributed by atoms with Crippen molar-refractivity contribution in [2.24, 2.45) is 0 Å². The van der Waals surface area contributed by atoms with Crippen LogP contribution >= 0.6 is 0 Å². The molecule has 1 spiro atoms. The number of fused-ring (bicyclic) bond motifs is 2. The average molecular weight is 317 g/mol. The van der Waals surface area contributed by atoms with Gasteiger partial charge in [-0.1, -0.05) is 0 Å². The molecule has 0 unspecified atom stereocenters. The van der Waals surface area contributed by atoms with Crippen molar-refractivity contribution in [1.82, 2.24) is 4.90 Å². The molecule has 4 atom stereocenters. The lowest BCUT2D eigenvalue weighted by Crippen LogP contribution is -2.52. The van der Waals surface area contributed by atoms with Gasteiger partial charge in [0.05, 0.1) is 12.1 Å². The number of carbonyl (C=O) groups is 2. The fraction of sp³-hybridized carbons (Fsp3) is 0.667. The first-order valence-electron chi connectivity index (χ1n) is 8.58. The van der Waals surface area contributed by atoms with E-state index in [-0.39, 0.29) is 30.1 Å². The molecule has 4 aliphatic heterocycles. The van der Waals surface area contributed by atoms with E-state index in [1.807, 2.05) is 26.0 Å². The lowest BCUT2D eigenvalue weighted by Gasteiger charge is -2.38. The molecule has 5 heteroatoms. The van der Waals surface area contributed by atoms with Gasteiger partial charge in [-0.3, -0.25) is 4.90 Å². The third-order valence-electron chi connectivity index (χ3n) is 5.78. The summed E-state index contributed by atoms with van der Waals surface area (Å²) in [6, 6.07) is 0.397. The molecule has 5 nitrogen and oxygen atoms in total. The van der Waals surface area contributed by atoms with Gasteiger partial charge in [-0.15, -0.1) is 0 Å². The van der Waals surface area contributed by atoms with Gasteiger partial charge in [-0.25, -0.2) is 9.59 Å². The van der Waals surface area contributed by atoms with E-state index in [2.05, 4.69) is 4.90 Å². The van der Waals surface area contributed by atoms with Gasteiger partial charge in [0.15, 0.2) is 0 Å². The molecule has 0 aromatic rings. The van der Waals surface area contributed by atoms with Gasteiger partial charge in [0, 0.05) is 11.1 Å². The second kappa shape index (κ2) is 5.20. The Morgan fingerprint density at radius 2 is 1.96 bits per heavy atom. The Morgan fingerprint density at radius 3 is 2.61 bits per heavy atom. The molecule has 0 radical (unpaired) electrons. The number of hydrogen-bond acceptors (Lipinski definition) is 5. The second-order valence-corrected chi connectivity index (χ2v) is 7.25. The van der Waals surface area contributed by atoms with Gasteiger partial charge in [-0.05, 0) is 64.6 Å². The summed E-state index contributed by atoms with van der Waals surface area (Å²) in [6.07, 6.45) is 8.81. The molecule has 4 aliphatic rings. The SMILES string of the molecule is CC1=C[C@@H]([C@@H]2CC[C@@H]3N2CCCC[C@]32C=C(C)C(=O)O2)OC1=O. The Labute approximate surface area is 136 Å². The molecule has 4 rings (SSSR count). The Balaban J connectivity index is 1.63. The molecule has 0 saturated carbocycles. The van der Waals surface area contributed by atoms with Gasteiger partial charge < -0.3 is 9.47 Å². The Hall–Kier alpha value is -1.62. The monoisotopic (exact) mass is 317 g/mol. The third kappa shape index (κ3) is 2.24. The molecule has 23 heavy (non-hydrogen) atoms. The minimum atomic E-state index is -0.478. The minimum absolute atomic E-state index is 0.162. The summed E-state index contributed by atoms with van der Waals surface area (Å²) in [5.41, 5.74) is 0.942. The first kappa shape index (κ1) is 14.9. The zero-order chi connectivity index (χ0) is 16.2. The van der Waals surface area contributed by atoms with Crippen molar-refractivity contribution in [2.75, 3.05) is 6.54 Å². The van der Waals surface area contributed by atoms with Gasteiger partial charge in [-0.2, -0.15) is 0 Å². The lowest BCUT2D eigenvalue weighted by molar-refractivity contribution is -0.152. The largest absolute Gasteiger partial charge is 0.453 e. The summed E-state index contributed by atoms with van der Waals surface area (Å²) in [5, 5.41) is 0. The van der Waals surface area contributed by atoms with E-state index >= 15 is 0 Å². The summed E-state index contributed by atoms with van der Waals surface area (Å²) >= 11 is 0. The summed E-state index contributed by atoms with van der Waals surface area (Å²) in [5.74, 6) is -0.385. The molecule has 4 heterocycles. The summed E-state index contributed by atoms with van der Waals surface area (Å²) < 4.78 is 11.4. The number of nitrogens with zero attached hydrogens (tertiary/aromatic N) is 1. The van der Waals surface area contributed by atoms with Crippen molar-refractivity contribution in [1.29, 1.82) is 0 Å². The zero-order valence-electron chi connectivity index (χ0n) is 13.7. The second-order valence-electron chi connectivity index (χ2n) is 7.25. The molecule has 2 fully saturated rings. The molecule has 0 aromatic heterocycles. The summed E-state index contributed by atoms with van der Waals surface area (Å²) in [4.78, 5) is 26.1. The highest BCUT2D eigenvalue weighted by atomic mass is 16.6. The van der Waals surface area contributed by atoms with E-state index in [0.29, 0.717) is 5.57 Å². The van der Waals surface area contributed by atoms with Crippen LogP contribution in [-0.4, -0.2) is 47.2 Å². The van der Waals surface area contributed by atoms with Crippen molar-refractivity contribution in [3.8, 4) is 0 Å². The van der Waals surface area contributed by atoms with Crippen LogP contribution in [0, 0.1) is 0 Å². The maximum Gasteiger partial charge on any atom is 0.334 e. The van der Waals surface area contributed by atoms with Gasteiger partial charge in [0.25, 0.3) is 0 Å². The van der Waals surface area contributed by atoms with Crippen molar-refractivity contribution in [3.63, 3.8) is 0 Å². The van der Waals surface area contributed by atoms with Crippen molar-refractivity contribution in [2.45, 2.75) is 69.7 Å². The van der Waals surface area contributed by atoms with Crippen LogP contribution in [0.5, 0.6) is 0 Å². The van der Waals surface area contributed by atoms with Gasteiger partial charge in [0.2, 0.25) is 0 Å². The maximum absolute atomic E-state index is 12.0. The molecule has 0 N–H and O–H groups in total. The number of rotatable bonds is 1. The van der Waals surface area contributed by atoms with E-state index in [9.17, 15) is 9.59 Å². The summed E-state index contributed by atoms with van der Waals surface area (Å²) in [6.45, 7) is 4.62. The fourth-order valence-electron chi connectivity index (χ4n) is 4.70. The number of esters is 2. The van der Waals surface area contributed by atoms with Gasteiger partial charge in [0.1, 0.15) is 11.7 Å². The molecule has 0 bridgehead atoms. The van der Waals surface area contributed by atoms with E-state index in [4.69, 9.17) is 9.47 Å². The maximum atomic E-state index is 12.0. The molecule has 0 aromatic carbocycles. The Kier molecular flexibility index (Phi) is 3.38. The van der Waals surface area contributed by atoms with Crippen LogP contribution in [-0.2, 0) is 19.1 Å². The highest BCUT2D eigenvalue weighted by Crippen LogP contribution is 2.45. The van der Waals surface area contributed by atoms with Crippen molar-refractivity contribution >= 4 is 11.9 Å². The van der Waals surface area contributed by atoms with Crippen LogP contribution in [0.3, 0.4) is 0 Å². The minimum Gasteiger partial charge on any atom is -0.453 e. The first-order valence-corrected chi connectivity index (χ1v) is 8.58. The zero-order valence-corrected chi connectivity index (χ0v) is 13.7. The fourth-order valence-corrected chi connectivity index (χ4v) is 4.70. The van der Waals surface area contributed by atoms with Crippen LogP contribution in [0.15, 0.2) is 23.3 Å². The number of cyclic esters (lactones) is 1. The highest BCUT2D eigenvalue weighted by Gasteiger charge is 2.54. The Morgan fingerprint density at radius 1 is 1.13 bits per heavy atom. The highest BCUT2D eigenvalue weighted by molar-refractivity contribution is 5.91. The van der Waals surface area contributed by atoms with Crippen molar-refractivity contribution in [3.05, 3.63) is 23.3 Å². The lowest BCUT2D eigenvalue weighted by atomic mass is 9.88. The normalized spacial score (nSPS) is 40.5. The molecular formula is C18H23NO4. The molecule has 0 aliphatic carbocycles. The molecular weight excluding hydrogens is 294 g/mol. The van der Waals surface area contributed by atoms with Crippen LogP contribution in [0.4, 0.5) is 0 Å². The van der Waals surface area contributed by atoms with Crippen LogP contribution in [0.2, 0.25) is 0 Å². The van der Waals surface area contributed by atoms with Crippen molar-refractivity contribution < 1.29 is 19.1 Å². The quantitative estimate of drug-likeness (QED) is 0.693. The van der Waals surface area contributed by atoms with Crippen LogP contribution in [0.1, 0.15) is 46.0 Å². The number of ether oxygens (including phenoxy) is 2. The predicted molar refractivity (Wildman–Crippen MR) is 83.6 cm³/mol. The van der Waals surface area contributed by atoms with E-state index < -0.39 is 5.60 Å². The molecule has 0 amide bonds. The average Bonchev–Trinajstić information content (AvgIpc) is 3.11. The van der Waals surface area contributed by atoms with Gasteiger partial charge >= 0.3 is 11.9 Å². The molecule has 2 saturated heterocycles. The standard InChI is InChI=1S/C18H23NO4/c1-11-9-14(22-16(11)20)13-5-6-15-18(7-3-4-8-19(13)15)10-12(2)17(21)23-18/h9-10,13-15H,3-8H2,1-2H3/t13-,14-,15-,18-/m0/s1.